The van der Waals surface area contributed by atoms with E-state index in [-0.39, 0.29) is 1.43 Å². The average Bonchev–Trinajstić information content (AvgIpc) is 2.99. The zero-order chi connectivity index (χ0) is 15.8. The SMILES string of the molecule is Cc1ccc2nc(-c3nc(N4CCOCC4)cnc3N)[nH]c2c1.[HH]. The molecule has 0 unspecified atom stereocenters. The van der Waals surface area contributed by atoms with Gasteiger partial charge < -0.3 is 20.4 Å². The van der Waals surface area contributed by atoms with Gasteiger partial charge in [-0.2, -0.15) is 0 Å². The Hall–Kier alpha value is -2.67. The largest absolute Gasteiger partial charge is 0.382 e. The van der Waals surface area contributed by atoms with Gasteiger partial charge in [-0.05, 0) is 24.6 Å². The molecule has 3 N–H and O–H groups in total. The maximum absolute atomic E-state index is 6.03. The number of aromatic amines is 1. The Kier molecular flexibility index (Phi) is 3.34. The first-order valence-electron chi connectivity index (χ1n) is 7.63. The highest BCUT2D eigenvalue weighted by Gasteiger charge is 2.17. The van der Waals surface area contributed by atoms with E-state index in [4.69, 9.17) is 10.5 Å². The van der Waals surface area contributed by atoms with Crippen molar-refractivity contribution in [2.75, 3.05) is 36.9 Å². The van der Waals surface area contributed by atoms with Gasteiger partial charge in [0.25, 0.3) is 0 Å². The Morgan fingerprint density at radius 2 is 2.09 bits per heavy atom. The molecule has 1 fully saturated rings. The third-order valence-electron chi connectivity index (χ3n) is 3.98. The van der Waals surface area contributed by atoms with Crippen LogP contribution in [0.4, 0.5) is 11.6 Å². The number of nitrogens with zero attached hydrogens (tertiary/aromatic N) is 4. The summed E-state index contributed by atoms with van der Waals surface area (Å²) in [7, 11) is 0. The van der Waals surface area contributed by atoms with E-state index >= 15 is 0 Å². The predicted molar refractivity (Wildman–Crippen MR) is 91.4 cm³/mol. The lowest BCUT2D eigenvalue weighted by atomic mass is 10.2. The number of imidazole rings is 1. The zero-order valence-corrected chi connectivity index (χ0v) is 12.9. The van der Waals surface area contributed by atoms with Crippen molar-refractivity contribution in [3.05, 3.63) is 30.0 Å². The molecule has 23 heavy (non-hydrogen) atoms. The lowest BCUT2D eigenvalue weighted by molar-refractivity contribution is 0.122. The number of H-pyrrole nitrogens is 1. The van der Waals surface area contributed by atoms with Gasteiger partial charge in [0.15, 0.2) is 17.3 Å². The predicted octanol–water partition coefficient (Wildman–Crippen LogP) is 1.99. The molecule has 1 aromatic carbocycles. The molecular weight excluding hydrogens is 292 g/mol. The number of anilines is 2. The number of aryl methyl sites for hydroxylation is 1. The number of aromatic nitrogens is 4. The Balaban J connectivity index is 0.00000169. The van der Waals surface area contributed by atoms with Crippen molar-refractivity contribution >= 4 is 22.7 Å². The van der Waals surface area contributed by atoms with Gasteiger partial charge in [-0.1, -0.05) is 6.07 Å². The Morgan fingerprint density at radius 3 is 2.91 bits per heavy atom. The highest BCUT2D eigenvalue weighted by Crippen LogP contribution is 2.25. The molecule has 120 valence electrons. The second-order valence-electron chi connectivity index (χ2n) is 5.67. The molecular formula is C16H20N6O. The third-order valence-corrected chi connectivity index (χ3v) is 3.98. The molecule has 0 bridgehead atoms. The van der Waals surface area contributed by atoms with Gasteiger partial charge in [-0.3, -0.25) is 0 Å². The van der Waals surface area contributed by atoms with E-state index in [9.17, 15) is 0 Å². The van der Waals surface area contributed by atoms with Crippen LogP contribution in [0.15, 0.2) is 24.4 Å². The fourth-order valence-corrected chi connectivity index (χ4v) is 2.74. The number of nitrogens with one attached hydrogen (secondary N) is 1. The number of rotatable bonds is 2. The quantitative estimate of drug-likeness (QED) is 0.752. The second kappa shape index (κ2) is 5.51. The van der Waals surface area contributed by atoms with Crippen molar-refractivity contribution in [1.29, 1.82) is 0 Å². The van der Waals surface area contributed by atoms with E-state index in [0.29, 0.717) is 30.5 Å². The summed E-state index contributed by atoms with van der Waals surface area (Å²) in [6, 6.07) is 6.08. The Morgan fingerprint density at radius 1 is 1.26 bits per heavy atom. The van der Waals surface area contributed by atoms with Gasteiger partial charge in [0.05, 0.1) is 30.4 Å². The maximum Gasteiger partial charge on any atom is 0.161 e. The van der Waals surface area contributed by atoms with Crippen molar-refractivity contribution in [2.24, 2.45) is 0 Å². The summed E-state index contributed by atoms with van der Waals surface area (Å²) >= 11 is 0. The first kappa shape index (κ1) is 14.0. The number of hydrogen-bond donors (Lipinski definition) is 2. The van der Waals surface area contributed by atoms with Crippen molar-refractivity contribution in [3.8, 4) is 11.5 Å². The summed E-state index contributed by atoms with van der Waals surface area (Å²) in [4.78, 5) is 19.0. The third kappa shape index (κ3) is 2.59. The minimum Gasteiger partial charge on any atom is -0.382 e. The molecule has 7 nitrogen and oxygen atoms in total. The number of benzene rings is 1. The average molecular weight is 312 g/mol. The lowest BCUT2D eigenvalue weighted by Gasteiger charge is -2.27. The molecule has 7 heteroatoms. The number of nitrogen functional groups attached to an aromatic ring is 1. The standard InChI is InChI=1S/C16H18N6O.H2/c1-10-2-3-11-12(8-10)20-16(19-11)14-15(17)18-9-13(21-14)22-4-6-23-7-5-22;/h2-3,8-9H,4-7H2,1H3,(H2,17,18)(H,19,20);1H. The first-order chi connectivity index (χ1) is 11.2. The molecule has 0 spiro atoms. The molecule has 1 aliphatic rings. The molecule has 0 amide bonds. The summed E-state index contributed by atoms with van der Waals surface area (Å²) in [6.45, 7) is 5.05. The highest BCUT2D eigenvalue weighted by molar-refractivity contribution is 5.81. The Labute approximate surface area is 135 Å². The molecule has 0 aliphatic carbocycles. The van der Waals surface area contributed by atoms with Gasteiger partial charge in [0, 0.05) is 14.5 Å². The molecule has 1 saturated heterocycles. The molecule has 1 aliphatic heterocycles. The fraction of sp³-hybridized carbons (Fsp3) is 0.312. The first-order valence-corrected chi connectivity index (χ1v) is 7.63. The normalized spacial score (nSPS) is 15.3. The van der Waals surface area contributed by atoms with Gasteiger partial charge in [0.1, 0.15) is 5.82 Å². The molecule has 2 aromatic heterocycles. The van der Waals surface area contributed by atoms with E-state index in [1.807, 2.05) is 19.1 Å². The van der Waals surface area contributed by atoms with Crippen LogP contribution >= 0.6 is 0 Å². The monoisotopic (exact) mass is 312 g/mol. The van der Waals surface area contributed by atoms with Gasteiger partial charge in [-0.25, -0.2) is 15.0 Å². The molecule has 4 rings (SSSR count). The summed E-state index contributed by atoms with van der Waals surface area (Å²) in [5, 5.41) is 0. The summed E-state index contributed by atoms with van der Waals surface area (Å²) in [5.74, 6) is 1.82. The van der Waals surface area contributed by atoms with Crippen LogP contribution in [-0.2, 0) is 4.74 Å². The lowest BCUT2D eigenvalue weighted by Crippen LogP contribution is -2.36. The number of hydrogen-bond acceptors (Lipinski definition) is 6. The number of morpholine rings is 1. The molecule has 0 radical (unpaired) electrons. The topological polar surface area (TPSA) is 92.9 Å². The van der Waals surface area contributed by atoms with E-state index in [1.54, 1.807) is 6.20 Å². The minimum atomic E-state index is 0. The van der Waals surface area contributed by atoms with E-state index in [0.717, 1.165) is 29.9 Å². The zero-order valence-electron chi connectivity index (χ0n) is 12.9. The highest BCUT2D eigenvalue weighted by atomic mass is 16.5. The van der Waals surface area contributed by atoms with Crippen LogP contribution in [0.25, 0.3) is 22.6 Å². The fourth-order valence-electron chi connectivity index (χ4n) is 2.74. The van der Waals surface area contributed by atoms with E-state index in [2.05, 4.69) is 30.9 Å². The molecule has 0 saturated carbocycles. The van der Waals surface area contributed by atoms with Crippen molar-refractivity contribution in [1.82, 2.24) is 19.9 Å². The smallest absolute Gasteiger partial charge is 0.161 e. The van der Waals surface area contributed by atoms with Crippen molar-refractivity contribution < 1.29 is 6.16 Å². The molecule has 0 atom stereocenters. The summed E-state index contributed by atoms with van der Waals surface area (Å²) < 4.78 is 5.38. The maximum atomic E-state index is 6.03. The minimum absolute atomic E-state index is 0. The molecule has 3 aromatic rings. The van der Waals surface area contributed by atoms with Gasteiger partial charge >= 0.3 is 0 Å². The van der Waals surface area contributed by atoms with Crippen LogP contribution in [0.1, 0.15) is 6.99 Å². The van der Waals surface area contributed by atoms with E-state index in [1.165, 1.54) is 5.56 Å². The number of nitrogens with two attached hydrogens (primary N) is 1. The number of ether oxygens (including phenoxy) is 1. The van der Waals surface area contributed by atoms with E-state index < -0.39 is 0 Å². The van der Waals surface area contributed by atoms with Crippen LogP contribution < -0.4 is 10.6 Å². The van der Waals surface area contributed by atoms with Crippen LogP contribution in [0.2, 0.25) is 0 Å². The van der Waals surface area contributed by atoms with Gasteiger partial charge in [-0.15, -0.1) is 0 Å². The Bertz CT molecular complexity index is 859. The van der Waals surface area contributed by atoms with Crippen LogP contribution in [-0.4, -0.2) is 46.2 Å². The van der Waals surface area contributed by atoms with Crippen LogP contribution in [0.5, 0.6) is 0 Å². The summed E-state index contributed by atoms with van der Waals surface area (Å²) in [6.07, 6.45) is 1.71. The van der Waals surface area contributed by atoms with Crippen LogP contribution in [0.3, 0.4) is 0 Å². The number of fused-ring (bicyclic) bond motifs is 1. The van der Waals surface area contributed by atoms with Crippen molar-refractivity contribution in [2.45, 2.75) is 6.92 Å². The second-order valence-corrected chi connectivity index (χ2v) is 5.67. The van der Waals surface area contributed by atoms with Crippen LogP contribution in [0, 0.1) is 6.92 Å². The molecule has 3 heterocycles. The van der Waals surface area contributed by atoms with Crippen molar-refractivity contribution in [3.63, 3.8) is 0 Å². The van der Waals surface area contributed by atoms with Gasteiger partial charge in [0.2, 0.25) is 0 Å². The summed E-state index contributed by atoms with van der Waals surface area (Å²) in [5.41, 5.74) is 9.65.